The minimum atomic E-state index is -0.276. The van der Waals surface area contributed by atoms with E-state index in [1.54, 1.807) is 11.8 Å². The van der Waals surface area contributed by atoms with Gasteiger partial charge in [-0.15, -0.1) is 0 Å². The van der Waals surface area contributed by atoms with E-state index in [-0.39, 0.29) is 18.4 Å². The average Bonchev–Trinajstić information content (AvgIpc) is 2.56. The predicted octanol–water partition coefficient (Wildman–Crippen LogP) is 1.34. The molecule has 2 fully saturated rings. The van der Waals surface area contributed by atoms with Crippen molar-refractivity contribution in [2.45, 2.75) is 45.1 Å². The summed E-state index contributed by atoms with van der Waals surface area (Å²) in [7, 11) is 0. The zero-order valence-corrected chi connectivity index (χ0v) is 9.78. The van der Waals surface area contributed by atoms with Crippen LogP contribution in [-0.4, -0.2) is 36.0 Å². The van der Waals surface area contributed by atoms with Crippen LogP contribution in [0.15, 0.2) is 0 Å². The molecule has 4 nitrogen and oxygen atoms in total. The molecule has 4 heteroatoms. The summed E-state index contributed by atoms with van der Waals surface area (Å²) in [6, 6.07) is 0.297. The third-order valence-corrected chi connectivity index (χ3v) is 3.63. The molecule has 0 spiro atoms. The molecule has 1 saturated carbocycles. The van der Waals surface area contributed by atoms with Crippen LogP contribution in [0.3, 0.4) is 0 Å². The first-order valence-electron chi connectivity index (χ1n) is 6.17. The van der Waals surface area contributed by atoms with Crippen molar-refractivity contribution in [3.8, 4) is 0 Å². The number of carbonyl (C=O) groups excluding carboxylic acids is 2. The molecular weight excluding hydrogens is 206 g/mol. The molecule has 90 valence electrons. The highest BCUT2D eigenvalue weighted by Gasteiger charge is 2.41. The van der Waals surface area contributed by atoms with E-state index in [2.05, 4.69) is 0 Å². The Bertz CT molecular complexity index is 290. The second-order valence-corrected chi connectivity index (χ2v) is 4.64. The fourth-order valence-electron chi connectivity index (χ4n) is 2.91. The molecule has 0 unspecified atom stereocenters. The molecule has 0 aromatic carbocycles. The van der Waals surface area contributed by atoms with Gasteiger partial charge in [0, 0.05) is 12.5 Å². The largest absolute Gasteiger partial charge is 0.465 e. The number of carbonyl (C=O) groups is 2. The molecule has 1 amide bonds. The zero-order valence-electron chi connectivity index (χ0n) is 9.78. The van der Waals surface area contributed by atoms with Gasteiger partial charge in [-0.2, -0.15) is 0 Å². The fraction of sp³-hybridized carbons (Fsp3) is 0.833. The van der Waals surface area contributed by atoms with Gasteiger partial charge in [-0.05, 0) is 25.7 Å². The van der Waals surface area contributed by atoms with Gasteiger partial charge < -0.3 is 9.64 Å². The topological polar surface area (TPSA) is 46.6 Å². The van der Waals surface area contributed by atoms with Crippen molar-refractivity contribution in [1.29, 1.82) is 0 Å². The standard InChI is InChI=1S/C12H19NO3/c1-2-16-12(15)8-13-10-6-4-3-5-9(10)7-11(13)14/h9-10H,2-8H2,1H3/t9-,10+/m0/s1. The predicted molar refractivity (Wildman–Crippen MR) is 58.7 cm³/mol. The number of esters is 1. The minimum absolute atomic E-state index is 0.130. The minimum Gasteiger partial charge on any atom is -0.465 e. The fourth-order valence-corrected chi connectivity index (χ4v) is 2.91. The van der Waals surface area contributed by atoms with Gasteiger partial charge >= 0.3 is 5.97 Å². The van der Waals surface area contributed by atoms with E-state index in [1.165, 1.54) is 12.8 Å². The van der Waals surface area contributed by atoms with Crippen molar-refractivity contribution in [2.75, 3.05) is 13.2 Å². The summed E-state index contributed by atoms with van der Waals surface area (Å²) in [5.41, 5.74) is 0. The maximum atomic E-state index is 11.8. The summed E-state index contributed by atoms with van der Waals surface area (Å²) in [6.45, 7) is 2.32. The summed E-state index contributed by atoms with van der Waals surface area (Å²) in [4.78, 5) is 24.9. The number of nitrogens with zero attached hydrogens (tertiary/aromatic N) is 1. The zero-order chi connectivity index (χ0) is 11.5. The number of hydrogen-bond acceptors (Lipinski definition) is 3. The van der Waals surface area contributed by atoms with E-state index in [4.69, 9.17) is 4.74 Å². The Morgan fingerprint density at radius 3 is 2.94 bits per heavy atom. The van der Waals surface area contributed by atoms with Crippen LogP contribution in [0.1, 0.15) is 39.0 Å². The molecule has 1 aliphatic carbocycles. The maximum Gasteiger partial charge on any atom is 0.325 e. The SMILES string of the molecule is CCOC(=O)CN1C(=O)C[C@@H]2CCCC[C@H]21. The Morgan fingerprint density at radius 1 is 1.44 bits per heavy atom. The number of rotatable bonds is 3. The van der Waals surface area contributed by atoms with E-state index in [0.29, 0.717) is 25.0 Å². The Labute approximate surface area is 95.9 Å². The Balaban J connectivity index is 1.97. The highest BCUT2D eigenvalue weighted by Crippen LogP contribution is 2.36. The molecule has 0 bridgehead atoms. The summed E-state index contributed by atoms with van der Waals surface area (Å²) in [6.07, 6.45) is 5.21. The molecule has 0 radical (unpaired) electrons. The van der Waals surface area contributed by atoms with Gasteiger partial charge in [-0.3, -0.25) is 9.59 Å². The molecule has 1 heterocycles. The first-order chi connectivity index (χ1) is 7.72. The normalized spacial score (nSPS) is 29.1. The van der Waals surface area contributed by atoms with Crippen LogP contribution < -0.4 is 0 Å². The smallest absolute Gasteiger partial charge is 0.325 e. The van der Waals surface area contributed by atoms with E-state index < -0.39 is 0 Å². The number of likely N-dealkylation sites (tertiary alicyclic amines) is 1. The summed E-state index contributed by atoms with van der Waals surface area (Å²) >= 11 is 0. The van der Waals surface area contributed by atoms with Gasteiger partial charge in [0.2, 0.25) is 5.91 Å². The first kappa shape index (κ1) is 11.4. The molecule has 2 rings (SSSR count). The van der Waals surface area contributed by atoms with Gasteiger partial charge in [0.1, 0.15) is 6.54 Å². The highest BCUT2D eigenvalue weighted by atomic mass is 16.5. The molecule has 1 saturated heterocycles. The number of amides is 1. The van der Waals surface area contributed by atoms with Gasteiger partial charge in [0.25, 0.3) is 0 Å². The van der Waals surface area contributed by atoms with Crippen LogP contribution in [-0.2, 0) is 14.3 Å². The third kappa shape index (κ3) is 2.20. The van der Waals surface area contributed by atoms with Gasteiger partial charge in [0.15, 0.2) is 0 Å². The van der Waals surface area contributed by atoms with Crippen molar-refractivity contribution in [3.63, 3.8) is 0 Å². The average molecular weight is 225 g/mol. The second kappa shape index (κ2) is 4.85. The van der Waals surface area contributed by atoms with E-state index in [1.807, 2.05) is 0 Å². The van der Waals surface area contributed by atoms with Crippen molar-refractivity contribution in [2.24, 2.45) is 5.92 Å². The molecule has 0 aromatic rings. The lowest BCUT2D eigenvalue weighted by Gasteiger charge is -2.30. The van der Waals surface area contributed by atoms with E-state index in [0.717, 1.165) is 12.8 Å². The van der Waals surface area contributed by atoms with Crippen molar-refractivity contribution < 1.29 is 14.3 Å². The number of fused-ring (bicyclic) bond motifs is 1. The molecule has 16 heavy (non-hydrogen) atoms. The van der Waals surface area contributed by atoms with Crippen LogP contribution in [0, 0.1) is 5.92 Å². The Morgan fingerprint density at radius 2 is 2.19 bits per heavy atom. The quantitative estimate of drug-likeness (QED) is 0.681. The molecular formula is C12H19NO3. The maximum absolute atomic E-state index is 11.8. The van der Waals surface area contributed by atoms with Crippen LogP contribution >= 0.6 is 0 Å². The Kier molecular flexibility index (Phi) is 3.46. The van der Waals surface area contributed by atoms with Crippen LogP contribution in [0.4, 0.5) is 0 Å². The lowest BCUT2D eigenvalue weighted by Crippen LogP contribution is -2.40. The van der Waals surface area contributed by atoms with Crippen molar-refractivity contribution in [3.05, 3.63) is 0 Å². The van der Waals surface area contributed by atoms with E-state index >= 15 is 0 Å². The summed E-state index contributed by atoms with van der Waals surface area (Å²) in [5.74, 6) is 0.336. The number of hydrogen-bond donors (Lipinski definition) is 0. The van der Waals surface area contributed by atoms with Gasteiger partial charge in [-0.25, -0.2) is 0 Å². The summed E-state index contributed by atoms with van der Waals surface area (Å²) in [5, 5.41) is 0. The van der Waals surface area contributed by atoms with Crippen LogP contribution in [0.5, 0.6) is 0 Å². The Hall–Kier alpha value is -1.06. The van der Waals surface area contributed by atoms with Crippen LogP contribution in [0.2, 0.25) is 0 Å². The molecule has 1 aliphatic heterocycles. The summed E-state index contributed by atoms with van der Waals surface area (Å²) < 4.78 is 4.90. The van der Waals surface area contributed by atoms with Gasteiger partial charge in [0.05, 0.1) is 6.61 Å². The van der Waals surface area contributed by atoms with E-state index in [9.17, 15) is 9.59 Å². The third-order valence-electron chi connectivity index (χ3n) is 3.63. The second-order valence-electron chi connectivity index (χ2n) is 4.64. The molecule has 0 N–H and O–H groups in total. The molecule has 0 aromatic heterocycles. The first-order valence-corrected chi connectivity index (χ1v) is 6.17. The van der Waals surface area contributed by atoms with Gasteiger partial charge in [-0.1, -0.05) is 12.8 Å². The van der Waals surface area contributed by atoms with Crippen molar-refractivity contribution >= 4 is 11.9 Å². The molecule has 2 atom stereocenters. The van der Waals surface area contributed by atoms with Crippen LogP contribution in [0.25, 0.3) is 0 Å². The lowest BCUT2D eigenvalue weighted by molar-refractivity contribution is -0.148. The number of ether oxygens (including phenoxy) is 1. The molecule has 2 aliphatic rings. The lowest BCUT2D eigenvalue weighted by atomic mass is 9.85. The monoisotopic (exact) mass is 225 g/mol. The highest BCUT2D eigenvalue weighted by molar-refractivity contribution is 5.84. The van der Waals surface area contributed by atoms with Crippen molar-refractivity contribution in [1.82, 2.24) is 4.90 Å².